The van der Waals surface area contributed by atoms with Crippen LogP contribution in [0.1, 0.15) is 32.3 Å². The number of fused-ring (bicyclic) bond motifs is 2. The van der Waals surface area contributed by atoms with E-state index in [0.717, 1.165) is 27.4 Å². The number of allylic oxidation sites excluding steroid dienone is 2. The minimum absolute atomic E-state index is 0.00487. The molecule has 3 aromatic rings. The quantitative estimate of drug-likeness (QED) is 0.639. The molecular weight excluding hydrogens is 298 g/mol. The van der Waals surface area contributed by atoms with E-state index >= 15 is 0 Å². The molecule has 2 aromatic carbocycles. The van der Waals surface area contributed by atoms with E-state index < -0.39 is 0 Å². The van der Waals surface area contributed by atoms with E-state index in [1.807, 2.05) is 62.4 Å². The number of aliphatic hydroxyl groups excluding tert-OH is 1. The third-order valence-corrected chi connectivity index (χ3v) is 4.69. The Labute approximate surface area is 140 Å². The Balaban J connectivity index is 2.13. The standard InChI is InChI=1S/C21H19NO2/c1-21(2)11-17(23)20(18(24)12-21)19-13-7-3-5-9-15(13)22-16-10-6-4-8-14(16)19/h3-10,23H,11-12H2,1-2H3. The van der Waals surface area contributed by atoms with Gasteiger partial charge in [0.15, 0.2) is 5.78 Å². The van der Waals surface area contributed by atoms with Gasteiger partial charge in [-0.1, -0.05) is 50.2 Å². The molecule has 0 atom stereocenters. The summed E-state index contributed by atoms with van der Waals surface area (Å²) in [6.45, 7) is 4.03. The van der Waals surface area contributed by atoms with Gasteiger partial charge in [0.2, 0.25) is 0 Å². The zero-order valence-corrected chi connectivity index (χ0v) is 13.8. The third-order valence-electron chi connectivity index (χ3n) is 4.69. The summed E-state index contributed by atoms with van der Waals surface area (Å²) in [6.07, 6.45) is 0.955. The van der Waals surface area contributed by atoms with Crippen LogP contribution in [0.2, 0.25) is 0 Å². The number of rotatable bonds is 1. The highest BCUT2D eigenvalue weighted by Crippen LogP contribution is 2.42. The van der Waals surface area contributed by atoms with Crippen molar-refractivity contribution >= 4 is 33.2 Å². The second-order valence-corrected chi connectivity index (χ2v) is 7.28. The maximum Gasteiger partial charge on any atom is 0.167 e. The lowest BCUT2D eigenvalue weighted by molar-refractivity contribution is -0.116. The Morgan fingerprint density at radius 3 is 2.00 bits per heavy atom. The molecule has 0 bridgehead atoms. The van der Waals surface area contributed by atoms with Crippen LogP contribution in [0.3, 0.4) is 0 Å². The van der Waals surface area contributed by atoms with Gasteiger partial charge in [-0.15, -0.1) is 0 Å². The first-order valence-electron chi connectivity index (χ1n) is 8.19. The minimum Gasteiger partial charge on any atom is -0.512 e. The molecule has 1 aliphatic rings. The van der Waals surface area contributed by atoms with Crippen molar-refractivity contribution in [2.45, 2.75) is 26.7 Å². The molecule has 0 spiro atoms. The van der Waals surface area contributed by atoms with Crippen molar-refractivity contribution in [1.82, 2.24) is 4.98 Å². The van der Waals surface area contributed by atoms with Gasteiger partial charge < -0.3 is 5.11 Å². The third kappa shape index (κ3) is 2.28. The average molecular weight is 317 g/mol. The molecule has 0 saturated heterocycles. The Morgan fingerprint density at radius 2 is 1.46 bits per heavy atom. The fraction of sp³-hybridized carbons (Fsp3) is 0.238. The number of hydrogen-bond donors (Lipinski definition) is 1. The Kier molecular flexibility index (Phi) is 3.20. The molecule has 0 aliphatic heterocycles. The van der Waals surface area contributed by atoms with E-state index in [9.17, 15) is 9.90 Å². The molecule has 0 unspecified atom stereocenters. The molecule has 1 heterocycles. The summed E-state index contributed by atoms with van der Waals surface area (Å²) >= 11 is 0. The van der Waals surface area contributed by atoms with Gasteiger partial charge in [0.25, 0.3) is 0 Å². The first-order valence-corrected chi connectivity index (χ1v) is 8.19. The van der Waals surface area contributed by atoms with Gasteiger partial charge in [-0.05, 0) is 17.5 Å². The fourth-order valence-corrected chi connectivity index (χ4v) is 3.68. The van der Waals surface area contributed by atoms with Crippen LogP contribution in [0.5, 0.6) is 0 Å². The van der Waals surface area contributed by atoms with E-state index in [1.54, 1.807) is 0 Å². The maximum absolute atomic E-state index is 12.9. The number of hydrogen-bond acceptors (Lipinski definition) is 3. The summed E-state index contributed by atoms with van der Waals surface area (Å²) in [5, 5.41) is 12.5. The van der Waals surface area contributed by atoms with Crippen molar-refractivity contribution in [3.8, 4) is 0 Å². The smallest absolute Gasteiger partial charge is 0.167 e. The van der Waals surface area contributed by atoms with E-state index in [4.69, 9.17) is 4.98 Å². The largest absolute Gasteiger partial charge is 0.512 e. The predicted octanol–water partition coefficient (Wildman–Crippen LogP) is 5.05. The highest BCUT2D eigenvalue weighted by Gasteiger charge is 2.34. The van der Waals surface area contributed by atoms with Crippen LogP contribution in [0.4, 0.5) is 0 Å². The lowest BCUT2D eigenvalue weighted by Gasteiger charge is -2.30. The molecule has 0 saturated carbocycles. The molecular formula is C21H19NO2. The normalized spacial score (nSPS) is 17.7. The molecule has 4 rings (SSSR count). The SMILES string of the molecule is CC1(C)CC(=O)C(c2c3ccccc3nc3ccccc23)=C(O)C1. The lowest BCUT2D eigenvalue weighted by Crippen LogP contribution is -2.25. The van der Waals surface area contributed by atoms with Crippen LogP contribution < -0.4 is 0 Å². The molecule has 0 amide bonds. The van der Waals surface area contributed by atoms with Gasteiger partial charge in [0.05, 0.1) is 16.6 Å². The minimum atomic E-state index is -0.205. The van der Waals surface area contributed by atoms with Gasteiger partial charge in [-0.25, -0.2) is 4.98 Å². The maximum atomic E-state index is 12.9. The first-order chi connectivity index (χ1) is 11.5. The molecule has 1 aliphatic carbocycles. The summed E-state index contributed by atoms with van der Waals surface area (Å²) < 4.78 is 0. The van der Waals surface area contributed by atoms with Crippen LogP contribution in [0.25, 0.3) is 27.4 Å². The number of Topliss-reactive ketones (excluding diaryl/α,β-unsaturated/α-hetero) is 1. The van der Waals surface area contributed by atoms with Gasteiger partial charge >= 0.3 is 0 Å². The van der Waals surface area contributed by atoms with Crippen molar-refractivity contribution in [3.63, 3.8) is 0 Å². The van der Waals surface area contributed by atoms with E-state index in [0.29, 0.717) is 18.4 Å². The molecule has 0 radical (unpaired) electrons. The number of aromatic nitrogens is 1. The summed E-state index contributed by atoms with van der Waals surface area (Å²) in [6, 6.07) is 15.6. The van der Waals surface area contributed by atoms with Crippen LogP contribution >= 0.6 is 0 Å². The van der Waals surface area contributed by atoms with Gasteiger partial charge in [0.1, 0.15) is 5.76 Å². The highest BCUT2D eigenvalue weighted by molar-refractivity contribution is 6.28. The molecule has 3 nitrogen and oxygen atoms in total. The zero-order valence-electron chi connectivity index (χ0n) is 13.8. The molecule has 3 heteroatoms. The zero-order chi connectivity index (χ0) is 16.9. The number of carbonyl (C=O) groups is 1. The molecule has 1 N–H and O–H groups in total. The van der Waals surface area contributed by atoms with Crippen LogP contribution in [0.15, 0.2) is 54.3 Å². The second-order valence-electron chi connectivity index (χ2n) is 7.28. The van der Waals surface area contributed by atoms with Crippen LogP contribution in [-0.2, 0) is 4.79 Å². The number of carbonyl (C=O) groups excluding carboxylic acids is 1. The van der Waals surface area contributed by atoms with Crippen molar-refractivity contribution < 1.29 is 9.90 Å². The summed E-state index contributed by atoms with van der Waals surface area (Å²) in [5.41, 5.74) is 2.75. The topological polar surface area (TPSA) is 50.2 Å². The Hall–Kier alpha value is -2.68. The number of ketones is 1. The molecule has 0 fully saturated rings. The molecule has 24 heavy (non-hydrogen) atoms. The fourth-order valence-electron chi connectivity index (χ4n) is 3.68. The summed E-state index contributed by atoms with van der Waals surface area (Å²) in [7, 11) is 0. The Morgan fingerprint density at radius 1 is 0.917 bits per heavy atom. The predicted molar refractivity (Wildman–Crippen MR) is 96.8 cm³/mol. The van der Waals surface area contributed by atoms with Gasteiger partial charge in [-0.3, -0.25) is 4.79 Å². The van der Waals surface area contributed by atoms with Crippen LogP contribution in [-0.4, -0.2) is 15.9 Å². The molecule has 1 aromatic heterocycles. The van der Waals surface area contributed by atoms with E-state index in [2.05, 4.69) is 0 Å². The Bertz CT molecular complexity index is 961. The van der Waals surface area contributed by atoms with E-state index in [1.165, 1.54) is 0 Å². The van der Waals surface area contributed by atoms with Gasteiger partial charge in [-0.2, -0.15) is 0 Å². The van der Waals surface area contributed by atoms with Crippen molar-refractivity contribution in [2.75, 3.05) is 0 Å². The van der Waals surface area contributed by atoms with Crippen molar-refractivity contribution in [3.05, 3.63) is 59.9 Å². The van der Waals surface area contributed by atoms with Crippen LogP contribution in [0, 0.1) is 5.41 Å². The molecule has 120 valence electrons. The number of pyridine rings is 1. The second kappa shape index (κ2) is 5.17. The number of nitrogens with zero attached hydrogens (tertiary/aromatic N) is 1. The highest BCUT2D eigenvalue weighted by atomic mass is 16.3. The number of para-hydroxylation sites is 2. The number of aliphatic hydroxyl groups is 1. The lowest BCUT2D eigenvalue weighted by atomic mass is 9.74. The average Bonchev–Trinajstić information content (AvgIpc) is 2.52. The monoisotopic (exact) mass is 317 g/mol. The summed E-state index contributed by atoms with van der Waals surface area (Å²) in [5.74, 6) is 0.197. The van der Waals surface area contributed by atoms with E-state index in [-0.39, 0.29) is 17.0 Å². The first kappa shape index (κ1) is 14.9. The van der Waals surface area contributed by atoms with Crippen molar-refractivity contribution in [2.24, 2.45) is 5.41 Å². The number of benzene rings is 2. The summed E-state index contributed by atoms with van der Waals surface area (Å²) in [4.78, 5) is 17.6. The van der Waals surface area contributed by atoms with Crippen molar-refractivity contribution in [1.29, 1.82) is 0 Å². The van der Waals surface area contributed by atoms with Gasteiger partial charge in [0, 0.05) is 29.2 Å².